The maximum atomic E-state index is 12.1. The van der Waals surface area contributed by atoms with E-state index in [9.17, 15) is 13.2 Å². The lowest BCUT2D eigenvalue weighted by Crippen LogP contribution is -2.39. The minimum atomic E-state index is -3.88. The number of rotatable bonds is 5. The fraction of sp³-hybridized carbons (Fsp3) is 0.417. The summed E-state index contributed by atoms with van der Waals surface area (Å²) >= 11 is 0. The van der Waals surface area contributed by atoms with Crippen molar-refractivity contribution < 1.29 is 13.2 Å². The third kappa shape index (κ3) is 3.52. The Morgan fingerprint density at radius 2 is 1.95 bits per heavy atom. The van der Waals surface area contributed by atoms with Crippen molar-refractivity contribution in [2.75, 3.05) is 11.9 Å². The number of primary sulfonamides is 1. The Morgan fingerprint density at radius 3 is 2.42 bits per heavy atom. The van der Waals surface area contributed by atoms with E-state index in [0.29, 0.717) is 6.42 Å². The molecule has 19 heavy (non-hydrogen) atoms. The van der Waals surface area contributed by atoms with Crippen LogP contribution in [0.1, 0.15) is 20.3 Å². The predicted molar refractivity (Wildman–Crippen MR) is 73.9 cm³/mol. The second kappa shape index (κ2) is 5.68. The number of anilines is 1. The lowest BCUT2D eigenvalue weighted by atomic mass is 9.86. The molecule has 7 heteroatoms. The zero-order valence-electron chi connectivity index (χ0n) is 11.0. The van der Waals surface area contributed by atoms with Gasteiger partial charge in [0.15, 0.2) is 0 Å². The summed E-state index contributed by atoms with van der Waals surface area (Å²) in [5.74, 6) is -0.325. The second-order valence-electron chi connectivity index (χ2n) is 4.61. The van der Waals surface area contributed by atoms with Gasteiger partial charge >= 0.3 is 0 Å². The molecular formula is C12H19N3O3S. The third-order valence-electron chi connectivity index (χ3n) is 3.22. The van der Waals surface area contributed by atoms with Crippen molar-refractivity contribution >= 4 is 21.6 Å². The van der Waals surface area contributed by atoms with Crippen LogP contribution in [0, 0.1) is 5.41 Å². The van der Waals surface area contributed by atoms with Gasteiger partial charge in [0.1, 0.15) is 4.90 Å². The molecule has 5 N–H and O–H groups in total. The van der Waals surface area contributed by atoms with Crippen LogP contribution in [0.3, 0.4) is 0 Å². The van der Waals surface area contributed by atoms with Crippen LogP contribution in [-0.4, -0.2) is 20.9 Å². The summed E-state index contributed by atoms with van der Waals surface area (Å²) < 4.78 is 22.9. The summed E-state index contributed by atoms with van der Waals surface area (Å²) in [6.07, 6.45) is 0.548. The number of hydrogen-bond donors (Lipinski definition) is 3. The zero-order valence-corrected chi connectivity index (χ0v) is 11.8. The summed E-state index contributed by atoms with van der Waals surface area (Å²) in [7, 11) is -3.88. The molecule has 1 aromatic rings. The number of nitrogens with one attached hydrogen (secondary N) is 1. The highest BCUT2D eigenvalue weighted by atomic mass is 32.2. The highest BCUT2D eigenvalue weighted by Gasteiger charge is 2.30. The second-order valence-corrected chi connectivity index (χ2v) is 6.14. The lowest BCUT2D eigenvalue weighted by molar-refractivity contribution is -0.124. The summed E-state index contributed by atoms with van der Waals surface area (Å²) in [4.78, 5) is 12.0. The SMILES string of the molecule is CCC(C)(CN)C(=O)Nc1ccccc1S(N)(=O)=O. The largest absolute Gasteiger partial charge is 0.329 e. The molecule has 0 saturated carbocycles. The minimum Gasteiger partial charge on any atom is -0.329 e. The van der Waals surface area contributed by atoms with E-state index in [1.165, 1.54) is 18.2 Å². The lowest BCUT2D eigenvalue weighted by Gasteiger charge is -2.25. The van der Waals surface area contributed by atoms with Gasteiger partial charge in [-0.1, -0.05) is 19.1 Å². The quantitative estimate of drug-likeness (QED) is 0.736. The average molecular weight is 285 g/mol. The highest BCUT2D eigenvalue weighted by molar-refractivity contribution is 7.89. The Balaban J connectivity index is 3.11. The van der Waals surface area contributed by atoms with Gasteiger partial charge in [-0.2, -0.15) is 0 Å². The van der Waals surface area contributed by atoms with Crippen LogP contribution in [0.5, 0.6) is 0 Å². The van der Waals surface area contributed by atoms with E-state index in [-0.39, 0.29) is 23.0 Å². The smallest absolute Gasteiger partial charge is 0.240 e. The molecule has 0 radical (unpaired) electrons. The fourth-order valence-corrected chi connectivity index (χ4v) is 2.18. The molecule has 106 valence electrons. The Kier molecular flexibility index (Phi) is 4.67. The van der Waals surface area contributed by atoms with E-state index in [4.69, 9.17) is 10.9 Å². The third-order valence-corrected chi connectivity index (χ3v) is 4.19. The van der Waals surface area contributed by atoms with Gasteiger partial charge in [0.05, 0.1) is 11.1 Å². The number of amides is 1. The number of carbonyl (C=O) groups is 1. The molecule has 1 aromatic carbocycles. The van der Waals surface area contributed by atoms with E-state index in [2.05, 4.69) is 5.32 Å². The average Bonchev–Trinajstić information content (AvgIpc) is 2.37. The number of nitrogens with two attached hydrogens (primary N) is 2. The minimum absolute atomic E-state index is 0.112. The Morgan fingerprint density at radius 1 is 1.37 bits per heavy atom. The van der Waals surface area contributed by atoms with Gasteiger partial charge < -0.3 is 11.1 Å². The molecule has 0 fully saturated rings. The van der Waals surface area contributed by atoms with E-state index < -0.39 is 15.4 Å². The highest BCUT2D eigenvalue weighted by Crippen LogP contribution is 2.25. The van der Waals surface area contributed by atoms with Gasteiger partial charge in [-0.05, 0) is 25.5 Å². The topological polar surface area (TPSA) is 115 Å². The van der Waals surface area contributed by atoms with Gasteiger partial charge in [0, 0.05) is 6.54 Å². The molecule has 1 amide bonds. The number of carbonyl (C=O) groups excluding carboxylic acids is 1. The maximum Gasteiger partial charge on any atom is 0.240 e. The summed E-state index contributed by atoms with van der Waals surface area (Å²) in [5.41, 5.74) is 5.02. The standard InChI is InChI=1S/C12H19N3O3S/c1-3-12(2,8-13)11(16)15-9-6-4-5-7-10(9)19(14,17)18/h4-7H,3,8,13H2,1-2H3,(H,15,16)(H2,14,17,18). The van der Waals surface area contributed by atoms with E-state index in [1.54, 1.807) is 13.0 Å². The van der Waals surface area contributed by atoms with Crippen molar-refractivity contribution in [3.63, 3.8) is 0 Å². The van der Waals surface area contributed by atoms with Gasteiger partial charge in [-0.15, -0.1) is 0 Å². The van der Waals surface area contributed by atoms with Crippen LogP contribution in [-0.2, 0) is 14.8 Å². The van der Waals surface area contributed by atoms with E-state index >= 15 is 0 Å². The number of sulfonamides is 1. The molecule has 0 aliphatic rings. The Bertz CT molecular complexity index is 565. The summed E-state index contributed by atoms with van der Waals surface area (Å²) in [6.45, 7) is 3.74. The van der Waals surface area contributed by atoms with Gasteiger partial charge in [-0.25, -0.2) is 13.6 Å². The van der Waals surface area contributed by atoms with Crippen LogP contribution in [0.2, 0.25) is 0 Å². The van der Waals surface area contributed by atoms with Crippen molar-refractivity contribution in [2.45, 2.75) is 25.2 Å². The first-order chi connectivity index (χ1) is 8.74. The molecule has 0 bridgehead atoms. The monoisotopic (exact) mass is 285 g/mol. The molecule has 0 heterocycles. The van der Waals surface area contributed by atoms with Crippen molar-refractivity contribution in [3.8, 4) is 0 Å². The molecule has 0 spiro atoms. The molecule has 0 aromatic heterocycles. The normalized spacial score (nSPS) is 14.7. The molecule has 0 aliphatic carbocycles. The van der Waals surface area contributed by atoms with Crippen LogP contribution >= 0.6 is 0 Å². The van der Waals surface area contributed by atoms with Gasteiger partial charge in [0.2, 0.25) is 15.9 Å². The van der Waals surface area contributed by atoms with E-state index in [1.807, 2.05) is 6.92 Å². The van der Waals surface area contributed by atoms with Crippen LogP contribution in [0.15, 0.2) is 29.2 Å². The number of benzene rings is 1. The van der Waals surface area contributed by atoms with Crippen LogP contribution < -0.4 is 16.2 Å². The molecule has 6 nitrogen and oxygen atoms in total. The zero-order chi connectivity index (χ0) is 14.7. The van der Waals surface area contributed by atoms with Crippen LogP contribution in [0.25, 0.3) is 0 Å². The molecule has 1 atom stereocenters. The van der Waals surface area contributed by atoms with Crippen molar-refractivity contribution in [3.05, 3.63) is 24.3 Å². The van der Waals surface area contributed by atoms with Crippen molar-refractivity contribution in [1.29, 1.82) is 0 Å². The first-order valence-electron chi connectivity index (χ1n) is 5.88. The first kappa shape index (κ1) is 15.6. The fourth-order valence-electron chi connectivity index (χ4n) is 1.49. The molecule has 1 rings (SSSR count). The molecular weight excluding hydrogens is 266 g/mol. The summed E-state index contributed by atoms with van der Waals surface area (Å²) in [5, 5.41) is 7.69. The predicted octanol–water partition coefficient (Wildman–Crippen LogP) is 0.647. The molecule has 0 saturated heterocycles. The Hall–Kier alpha value is -1.44. The number of para-hydroxylation sites is 1. The first-order valence-corrected chi connectivity index (χ1v) is 7.42. The van der Waals surface area contributed by atoms with Crippen molar-refractivity contribution in [2.24, 2.45) is 16.3 Å². The maximum absolute atomic E-state index is 12.1. The van der Waals surface area contributed by atoms with Crippen LogP contribution in [0.4, 0.5) is 5.69 Å². The van der Waals surface area contributed by atoms with Gasteiger partial charge in [0.25, 0.3) is 0 Å². The van der Waals surface area contributed by atoms with Crippen molar-refractivity contribution in [1.82, 2.24) is 0 Å². The van der Waals surface area contributed by atoms with Gasteiger partial charge in [-0.3, -0.25) is 4.79 Å². The number of hydrogen-bond acceptors (Lipinski definition) is 4. The molecule has 0 aliphatic heterocycles. The summed E-state index contributed by atoms with van der Waals surface area (Å²) in [6, 6.07) is 5.99. The van der Waals surface area contributed by atoms with E-state index in [0.717, 1.165) is 0 Å². The Labute approximate surface area is 113 Å². The molecule has 1 unspecified atom stereocenters.